The molecule has 0 atom stereocenters. The molecule has 0 N–H and O–H groups in total. The smallest absolute Gasteiger partial charge is 0.177 e. The molecule has 1 fully saturated rings. The van der Waals surface area contributed by atoms with Gasteiger partial charge in [0.1, 0.15) is 7.22 Å². The number of ether oxygens (including phenoxy) is 2. The summed E-state index contributed by atoms with van der Waals surface area (Å²) in [5.74, 6) is 0.448. The van der Waals surface area contributed by atoms with Crippen molar-refractivity contribution in [1.82, 2.24) is 0 Å². The first-order chi connectivity index (χ1) is 12.7. The molecule has 0 aromatic rings. The standard InChI is InChI=1S/C22H39FO2SSi/c1-9-20(25-15-19-11-13-24-14-12-19)22(23)21(10-2)26-27(16(3)4,17(5)6)18(7)8/h9-10,16-19H,1,11-15H2,2-8H3/b21-10+,22-20-. The average molecular weight is 415 g/mol. The number of allylic oxidation sites excluding steroid dienone is 3. The zero-order valence-electron chi connectivity index (χ0n) is 18.3. The van der Waals surface area contributed by atoms with Crippen molar-refractivity contribution in [2.45, 2.75) is 77.9 Å². The first kappa shape index (κ1) is 24.5. The minimum Gasteiger partial charge on any atom is -0.490 e. The maximum atomic E-state index is 15.4. The summed E-state index contributed by atoms with van der Waals surface area (Å²) in [5, 5.41) is 0. The van der Waals surface area contributed by atoms with Gasteiger partial charge in [-0.1, -0.05) is 54.2 Å². The molecule has 0 spiro atoms. The topological polar surface area (TPSA) is 18.5 Å². The van der Waals surface area contributed by atoms with Crippen LogP contribution in [-0.2, 0) is 9.47 Å². The Labute approximate surface area is 171 Å². The van der Waals surface area contributed by atoms with Crippen LogP contribution in [0.1, 0.15) is 61.3 Å². The van der Waals surface area contributed by atoms with Crippen molar-refractivity contribution in [1.29, 1.82) is 0 Å². The van der Waals surface area contributed by atoms with E-state index in [9.17, 15) is 0 Å². The van der Waals surface area contributed by atoms with Crippen molar-refractivity contribution < 1.29 is 13.9 Å². The Morgan fingerprint density at radius 3 is 2.07 bits per heavy atom. The van der Waals surface area contributed by atoms with Crippen molar-refractivity contribution in [3.63, 3.8) is 0 Å². The van der Waals surface area contributed by atoms with Gasteiger partial charge >= 0.3 is 0 Å². The molecular formula is C22H39FO2SSi. The van der Waals surface area contributed by atoms with Gasteiger partial charge < -0.3 is 9.47 Å². The Morgan fingerprint density at radius 1 is 1.15 bits per heavy atom. The molecule has 1 saturated heterocycles. The summed E-state index contributed by atoms with van der Waals surface area (Å²) in [6, 6.07) is 0. The summed E-state index contributed by atoms with van der Waals surface area (Å²) in [5.41, 5.74) is 1.67. The highest BCUT2D eigenvalue weighted by molar-refractivity contribution is 8.32. The van der Waals surface area contributed by atoms with Crippen molar-refractivity contribution in [2.75, 3.05) is 19.8 Å². The normalized spacial score (nSPS) is 18.3. The van der Waals surface area contributed by atoms with Gasteiger partial charge in [-0.3, -0.25) is 0 Å². The van der Waals surface area contributed by atoms with E-state index in [2.05, 4.69) is 48.1 Å². The third-order valence-electron chi connectivity index (χ3n) is 5.69. The lowest BCUT2D eigenvalue weighted by atomic mass is 10.0. The van der Waals surface area contributed by atoms with Crippen molar-refractivity contribution in [3.05, 3.63) is 35.2 Å². The fourth-order valence-corrected chi connectivity index (χ4v) is 13.5. The Bertz CT molecular complexity index is 513. The Kier molecular flexibility index (Phi) is 10.4. The van der Waals surface area contributed by atoms with Crippen LogP contribution >= 0.6 is 11.2 Å². The summed E-state index contributed by atoms with van der Waals surface area (Å²) in [7, 11) is -1.82. The second-order valence-electron chi connectivity index (χ2n) is 8.32. The van der Waals surface area contributed by atoms with Crippen molar-refractivity contribution in [3.8, 4) is 0 Å². The molecule has 0 saturated carbocycles. The second-order valence-corrected chi connectivity index (χ2v) is 16.9. The van der Waals surface area contributed by atoms with Crippen LogP contribution < -0.4 is 0 Å². The highest BCUT2D eigenvalue weighted by Gasteiger charge is 2.45. The minimum absolute atomic E-state index is 0.261. The number of hydrogen-bond donors (Lipinski definition) is 0. The van der Waals surface area contributed by atoms with Gasteiger partial charge in [0, 0.05) is 18.1 Å². The summed E-state index contributed by atoms with van der Waals surface area (Å²) < 4.78 is 26.7. The van der Waals surface area contributed by atoms with E-state index >= 15 is 4.39 Å². The van der Waals surface area contributed by atoms with Gasteiger partial charge in [0.2, 0.25) is 0 Å². The first-order valence-corrected chi connectivity index (χ1v) is 14.1. The molecule has 156 valence electrons. The largest absolute Gasteiger partial charge is 0.490 e. The highest BCUT2D eigenvalue weighted by atomic mass is 32.4. The van der Waals surface area contributed by atoms with E-state index in [1.807, 2.05) is 13.0 Å². The molecular weight excluding hydrogens is 375 g/mol. The first-order valence-electron chi connectivity index (χ1n) is 10.3. The van der Waals surface area contributed by atoms with Crippen LogP contribution in [0.15, 0.2) is 35.2 Å². The van der Waals surface area contributed by atoms with E-state index < -0.39 is 7.22 Å². The summed E-state index contributed by atoms with van der Waals surface area (Å²) in [4.78, 5) is 0.708. The SMILES string of the molecule is C=C/C(OCC1CCOCC1)=C(F)\C(=C/C)S[Si](C(C)C)(C(C)C)C(C)C. The van der Waals surface area contributed by atoms with E-state index in [0.717, 1.165) is 26.1 Å². The zero-order chi connectivity index (χ0) is 20.6. The van der Waals surface area contributed by atoms with E-state index in [0.29, 0.717) is 34.1 Å². The molecule has 1 rings (SSSR count). The van der Waals surface area contributed by atoms with Crippen LogP contribution in [0, 0.1) is 5.92 Å². The van der Waals surface area contributed by atoms with E-state index in [4.69, 9.17) is 9.47 Å². The average Bonchev–Trinajstić information content (AvgIpc) is 2.63. The minimum atomic E-state index is -1.82. The molecule has 5 heteroatoms. The zero-order valence-corrected chi connectivity index (χ0v) is 20.1. The lowest BCUT2D eigenvalue weighted by Crippen LogP contribution is -2.41. The van der Waals surface area contributed by atoms with Gasteiger partial charge in [0.25, 0.3) is 0 Å². The predicted molar refractivity (Wildman–Crippen MR) is 120 cm³/mol. The Balaban J connectivity index is 3.04. The Morgan fingerprint density at radius 2 is 1.67 bits per heavy atom. The molecule has 0 radical (unpaired) electrons. The molecule has 0 unspecified atom stereocenters. The van der Waals surface area contributed by atoms with E-state index in [1.54, 1.807) is 11.2 Å². The predicted octanol–water partition coefficient (Wildman–Crippen LogP) is 7.61. The molecule has 1 aliphatic rings. The van der Waals surface area contributed by atoms with Crippen LogP contribution in [0.5, 0.6) is 0 Å². The van der Waals surface area contributed by atoms with Crippen LogP contribution in [0.4, 0.5) is 4.39 Å². The fourth-order valence-electron chi connectivity index (χ4n) is 4.23. The van der Waals surface area contributed by atoms with Crippen LogP contribution in [-0.4, -0.2) is 27.0 Å². The summed E-state index contributed by atoms with van der Waals surface area (Å²) in [6.45, 7) is 21.6. The second kappa shape index (κ2) is 11.5. The van der Waals surface area contributed by atoms with Crippen LogP contribution in [0.25, 0.3) is 0 Å². The lowest BCUT2D eigenvalue weighted by Gasteiger charge is -2.42. The molecule has 0 bridgehead atoms. The molecule has 0 aromatic heterocycles. The molecule has 1 heterocycles. The number of halogens is 1. The molecule has 27 heavy (non-hydrogen) atoms. The fraction of sp³-hybridized carbons (Fsp3) is 0.727. The van der Waals surface area contributed by atoms with Crippen LogP contribution in [0.2, 0.25) is 16.6 Å². The molecule has 0 aliphatic carbocycles. The van der Waals surface area contributed by atoms with Gasteiger partial charge in [-0.05, 0) is 48.4 Å². The van der Waals surface area contributed by atoms with Gasteiger partial charge in [-0.25, -0.2) is 4.39 Å². The molecule has 1 aliphatic heterocycles. The maximum Gasteiger partial charge on any atom is 0.177 e. The van der Waals surface area contributed by atoms with E-state index in [1.165, 1.54) is 6.08 Å². The molecule has 2 nitrogen and oxygen atoms in total. The lowest BCUT2D eigenvalue weighted by molar-refractivity contribution is 0.0380. The third-order valence-corrected chi connectivity index (χ3v) is 18.1. The quantitative estimate of drug-likeness (QED) is 0.208. The molecule has 0 aromatic carbocycles. The maximum absolute atomic E-state index is 15.4. The highest BCUT2D eigenvalue weighted by Crippen LogP contribution is 2.53. The van der Waals surface area contributed by atoms with Crippen molar-refractivity contribution >= 4 is 18.4 Å². The third kappa shape index (κ3) is 6.23. The van der Waals surface area contributed by atoms with Gasteiger partial charge in [0.05, 0.1) is 6.61 Å². The van der Waals surface area contributed by atoms with Crippen LogP contribution in [0.3, 0.4) is 0 Å². The van der Waals surface area contributed by atoms with Gasteiger partial charge in [-0.15, -0.1) is 11.2 Å². The Hall–Kier alpha value is -0.523. The van der Waals surface area contributed by atoms with Crippen molar-refractivity contribution in [2.24, 2.45) is 5.92 Å². The number of hydrogen-bond acceptors (Lipinski definition) is 3. The summed E-state index contributed by atoms with van der Waals surface area (Å²) in [6.07, 6.45) is 5.36. The number of rotatable bonds is 10. The van der Waals surface area contributed by atoms with Gasteiger partial charge in [0.15, 0.2) is 11.6 Å². The van der Waals surface area contributed by atoms with Gasteiger partial charge in [-0.2, -0.15) is 0 Å². The monoisotopic (exact) mass is 414 g/mol. The molecule has 0 amide bonds. The van der Waals surface area contributed by atoms with E-state index in [-0.39, 0.29) is 11.6 Å². The summed E-state index contributed by atoms with van der Waals surface area (Å²) >= 11 is 1.79.